The van der Waals surface area contributed by atoms with E-state index in [0.717, 1.165) is 29.8 Å². The third-order valence-corrected chi connectivity index (χ3v) is 4.60. The van der Waals surface area contributed by atoms with Gasteiger partial charge in [-0.1, -0.05) is 11.6 Å². The van der Waals surface area contributed by atoms with Crippen LogP contribution in [-0.4, -0.2) is 43.7 Å². The molecule has 1 heterocycles. The lowest BCUT2D eigenvalue weighted by Crippen LogP contribution is -2.40. The van der Waals surface area contributed by atoms with Crippen molar-refractivity contribution in [2.24, 2.45) is 5.92 Å². The van der Waals surface area contributed by atoms with Gasteiger partial charge in [0.15, 0.2) is 0 Å². The molecule has 3 rings (SSSR count). The molecule has 1 N–H and O–H groups in total. The van der Waals surface area contributed by atoms with Gasteiger partial charge in [-0.15, -0.1) is 0 Å². The van der Waals surface area contributed by atoms with E-state index in [1.165, 1.54) is 45.3 Å². The van der Waals surface area contributed by atoms with Crippen LogP contribution in [0.5, 0.6) is 5.75 Å². The van der Waals surface area contributed by atoms with Crippen molar-refractivity contribution in [3.8, 4) is 5.75 Å². The van der Waals surface area contributed by atoms with E-state index in [1.54, 1.807) is 0 Å². The van der Waals surface area contributed by atoms with E-state index in [4.69, 9.17) is 16.3 Å². The molecule has 116 valence electrons. The Morgan fingerprint density at radius 2 is 1.95 bits per heavy atom. The Bertz CT molecular complexity index is 427. The van der Waals surface area contributed by atoms with Crippen molar-refractivity contribution in [1.29, 1.82) is 0 Å². The molecular formula is C17H25ClN2O. The van der Waals surface area contributed by atoms with Crippen molar-refractivity contribution < 1.29 is 4.74 Å². The highest BCUT2D eigenvalue weighted by Gasteiger charge is 2.26. The van der Waals surface area contributed by atoms with Crippen LogP contribution < -0.4 is 10.1 Å². The number of ether oxygens (including phenoxy) is 1. The largest absolute Gasteiger partial charge is 0.492 e. The quantitative estimate of drug-likeness (QED) is 0.798. The van der Waals surface area contributed by atoms with Crippen molar-refractivity contribution in [1.82, 2.24) is 10.2 Å². The molecule has 0 radical (unpaired) electrons. The molecule has 1 unspecified atom stereocenters. The van der Waals surface area contributed by atoms with Gasteiger partial charge in [-0.05, 0) is 62.4 Å². The first-order valence-corrected chi connectivity index (χ1v) is 8.51. The van der Waals surface area contributed by atoms with Crippen LogP contribution in [0.2, 0.25) is 5.02 Å². The first-order chi connectivity index (χ1) is 10.3. The van der Waals surface area contributed by atoms with E-state index in [2.05, 4.69) is 10.2 Å². The lowest BCUT2D eigenvalue weighted by molar-refractivity contribution is 0.190. The van der Waals surface area contributed by atoms with Crippen LogP contribution >= 0.6 is 11.6 Å². The van der Waals surface area contributed by atoms with E-state index in [9.17, 15) is 0 Å². The van der Waals surface area contributed by atoms with Gasteiger partial charge in [0.25, 0.3) is 0 Å². The predicted octanol–water partition coefficient (Wildman–Crippen LogP) is 3.18. The minimum Gasteiger partial charge on any atom is -0.492 e. The Balaban J connectivity index is 1.43. The van der Waals surface area contributed by atoms with Crippen molar-refractivity contribution in [2.45, 2.75) is 31.7 Å². The molecule has 2 aliphatic rings. The normalized spacial score (nSPS) is 21.9. The Labute approximate surface area is 132 Å². The Kier molecular flexibility index (Phi) is 5.39. The second-order valence-corrected chi connectivity index (χ2v) is 6.74. The molecule has 0 bridgehead atoms. The maximum Gasteiger partial charge on any atom is 0.119 e. The number of nitrogens with zero attached hydrogens (tertiary/aromatic N) is 1. The number of nitrogens with one attached hydrogen (secondary N) is 1. The van der Waals surface area contributed by atoms with Crippen LogP contribution in [0, 0.1) is 5.92 Å². The highest BCUT2D eigenvalue weighted by Crippen LogP contribution is 2.29. The van der Waals surface area contributed by atoms with E-state index in [1.807, 2.05) is 24.3 Å². The number of hydrogen-bond donors (Lipinski definition) is 1. The van der Waals surface area contributed by atoms with Crippen molar-refractivity contribution in [3.63, 3.8) is 0 Å². The average Bonchev–Trinajstić information content (AvgIpc) is 3.14. The number of benzene rings is 1. The summed E-state index contributed by atoms with van der Waals surface area (Å²) in [4.78, 5) is 2.58. The lowest BCUT2D eigenvalue weighted by atomic mass is 10.2. The van der Waals surface area contributed by atoms with Gasteiger partial charge in [-0.2, -0.15) is 0 Å². The molecule has 2 fully saturated rings. The van der Waals surface area contributed by atoms with Crippen molar-refractivity contribution in [3.05, 3.63) is 29.3 Å². The van der Waals surface area contributed by atoms with Crippen LogP contribution in [0.1, 0.15) is 25.7 Å². The number of hydrogen-bond acceptors (Lipinski definition) is 3. The fourth-order valence-electron chi connectivity index (χ4n) is 2.97. The Morgan fingerprint density at radius 1 is 1.14 bits per heavy atom. The predicted molar refractivity (Wildman–Crippen MR) is 87.1 cm³/mol. The summed E-state index contributed by atoms with van der Waals surface area (Å²) in [5.41, 5.74) is 0. The van der Waals surface area contributed by atoms with Gasteiger partial charge in [0.1, 0.15) is 12.4 Å². The summed E-state index contributed by atoms with van der Waals surface area (Å²) in [6, 6.07) is 8.31. The monoisotopic (exact) mass is 308 g/mol. The summed E-state index contributed by atoms with van der Waals surface area (Å²) < 4.78 is 5.84. The van der Waals surface area contributed by atoms with Gasteiger partial charge in [-0.3, -0.25) is 4.90 Å². The summed E-state index contributed by atoms with van der Waals surface area (Å²) in [7, 11) is 0. The second kappa shape index (κ2) is 7.48. The second-order valence-electron chi connectivity index (χ2n) is 6.30. The highest BCUT2D eigenvalue weighted by atomic mass is 35.5. The zero-order valence-electron chi connectivity index (χ0n) is 12.6. The zero-order chi connectivity index (χ0) is 14.5. The molecule has 1 aliphatic heterocycles. The summed E-state index contributed by atoms with van der Waals surface area (Å²) in [5, 5.41) is 4.35. The molecule has 21 heavy (non-hydrogen) atoms. The topological polar surface area (TPSA) is 24.5 Å². The van der Waals surface area contributed by atoms with Crippen molar-refractivity contribution in [2.75, 3.05) is 32.8 Å². The van der Waals surface area contributed by atoms with Crippen LogP contribution in [0.4, 0.5) is 0 Å². The van der Waals surface area contributed by atoms with Crippen LogP contribution in [0.25, 0.3) is 0 Å². The standard InChI is InChI=1S/C17H25ClN2O/c18-15-5-7-17(8-6-15)21-11-10-20(12-14-3-4-14)13-16-2-1-9-19-16/h5-8,14,16,19H,1-4,9-13H2. The first kappa shape index (κ1) is 15.1. The Morgan fingerprint density at radius 3 is 2.62 bits per heavy atom. The molecule has 0 aromatic heterocycles. The average molecular weight is 309 g/mol. The molecule has 1 aromatic rings. The van der Waals surface area contributed by atoms with Gasteiger partial charge in [0, 0.05) is 30.7 Å². The van der Waals surface area contributed by atoms with Crippen LogP contribution in [-0.2, 0) is 0 Å². The summed E-state index contributed by atoms with van der Waals surface area (Å²) >= 11 is 5.88. The minimum absolute atomic E-state index is 0.680. The molecule has 3 nitrogen and oxygen atoms in total. The van der Waals surface area contributed by atoms with Crippen LogP contribution in [0.3, 0.4) is 0 Å². The molecular weight excluding hydrogens is 284 g/mol. The summed E-state index contributed by atoms with van der Waals surface area (Å²) in [5.74, 6) is 1.84. The van der Waals surface area contributed by atoms with Gasteiger partial charge in [0.2, 0.25) is 0 Å². The molecule has 0 amide bonds. The molecule has 1 aliphatic carbocycles. The van der Waals surface area contributed by atoms with Gasteiger partial charge in [0.05, 0.1) is 0 Å². The lowest BCUT2D eigenvalue weighted by Gasteiger charge is -2.25. The van der Waals surface area contributed by atoms with E-state index in [0.29, 0.717) is 6.04 Å². The van der Waals surface area contributed by atoms with Gasteiger partial charge < -0.3 is 10.1 Å². The van der Waals surface area contributed by atoms with E-state index < -0.39 is 0 Å². The zero-order valence-corrected chi connectivity index (χ0v) is 13.3. The minimum atomic E-state index is 0.680. The molecule has 1 atom stereocenters. The smallest absolute Gasteiger partial charge is 0.119 e. The molecule has 4 heteroatoms. The molecule has 1 aromatic carbocycles. The van der Waals surface area contributed by atoms with Crippen LogP contribution in [0.15, 0.2) is 24.3 Å². The summed E-state index contributed by atoms with van der Waals surface area (Å²) in [6.45, 7) is 5.35. The molecule has 0 spiro atoms. The Hall–Kier alpha value is -0.770. The highest BCUT2D eigenvalue weighted by molar-refractivity contribution is 6.30. The maximum absolute atomic E-state index is 5.88. The van der Waals surface area contributed by atoms with Crippen molar-refractivity contribution >= 4 is 11.6 Å². The fraction of sp³-hybridized carbons (Fsp3) is 0.647. The van der Waals surface area contributed by atoms with Gasteiger partial charge >= 0.3 is 0 Å². The number of rotatable bonds is 8. The first-order valence-electron chi connectivity index (χ1n) is 8.14. The van der Waals surface area contributed by atoms with E-state index >= 15 is 0 Å². The SMILES string of the molecule is Clc1ccc(OCCN(CC2CC2)CC2CCCN2)cc1. The van der Waals surface area contributed by atoms with Gasteiger partial charge in [-0.25, -0.2) is 0 Å². The molecule has 1 saturated carbocycles. The summed E-state index contributed by atoms with van der Waals surface area (Å²) in [6.07, 6.45) is 5.46. The maximum atomic E-state index is 5.88. The third-order valence-electron chi connectivity index (χ3n) is 4.34. The molecule has 1 saturated heterocycles. The fourth-order valence-corrected chi connectivity index (χ4v) is 3.10. The third kappa shape index (κ3) is 5.17. The number of halogens is 1. The van der Waals surface area contributed by atoms with E-state index in [-0.39, 0.29) is 0 Å².